The Kier molecular flexibility index (Phi) is 3.77. The second-order valence-corrected chi connectivity index (χ2v) is 2.18. The zero-order chi connectivity index (χ0) is 9.52. The van der Waals surface area contributed by atoms with E-state index in [9.17, 15) is 4.79 Å². The molecule has 0 atom stereocenters. The molecule has 1 heterocycles. The monoisotopic (exact) mass is 182 g/mol. The van der Waals surface area contributed by atoms with Gasteiger partial charge in [0.2, 0.25) is 0 Å². The summed E-state index contributed by atoms with van der Waals surface area (Å²) >= 11 is 0. The molecule has 6 nitrogen and oxygen atoms in total. The molecule has 0 unspecified atom stereocenters. The topological polar surface area (TPSA) is 77.0 Å². The van der Waals surface area contributed by atoms with Crippen LogP contribution < -0.4 is 5.32 Å². The highest BCUT2D eigenvalue weighted by molar-refractivity contribution is 5.90. The van der Waals surface area contributed by atoms with Crippen LogP contribution in [0.15, 0.2) is 12.5 Å². The Morgan fingerprint density at radius 1 is 1.62 bits per heavy atom. The van der Waals surface area contributed by atoms with E-state index in [4.69, 9.17) is 4.74 Å². The van der Waals surface area contributed by atoms with Crippen LogP contribution in [0.25, 0.3) is 0 Å². The highest BCUT2D eigenvalue weighted by atomic mass is 16.5. The lowest BCUT2D eigenvalue weighted by atomic mass is 10.6. The van der Waals surface area contributed by atoms with E-state index in [0.29, 0.717) is 12.4 Å². The number of rotatable bonds is 4. The van der Waals surface area contributed by atoms with Gasteiger partial charge in [-0.25, -0.2) is 4.98 Å². The molecule has 0 spiro atoms. The smallest absolute Gasteiger partial charge is 0.251 e. The summed E-state index contributed by atoms with van der Waals surface area (Å²) in [7, 11) is 0. The zero-order valence-corrected chi connectivity index (χ0v) is 7.23. The summed E-state index contributed by atoms with van der Waals surface area (Å²) in [6.07, 6.45) is 2.63. The van der Waals surface area contributed by atoms with Crippen molar-refractivity contribution in [2.24, 2.45) is 0 Å². The van der Waals surface area contributed by atoms with Crippen molar-refractivity contribution in [3.05, 3.63) is 12.5 Å². The molecular formula is C7H10N4O2. The normalized spacial score (nSPS) is 9.62. The molecular weight excluding hydrogens is 172 g/mol. The quantitative estimate of drug-likeness (QED) is 0.700. The predicted octanol–water partition coefficient (Wildman–Crippen LogP) is -0.153. The first-order valence-electron chi connectivity index (χ1n) is 3.83. The standard InChI is InChI=1S/C7H10N4O2/c1-2-13-4-7(12)11-6-3-9-10-5-8-6/h3,5H,2,4H2,1H3,(H,8,10,11,12). The summed E-state index contributed by atoms with van der Waals surface area (Å²) in [5.74, 6) is 0.127. The molecule has 0 aliphatic heterocycles. The lowest BCUT2D eigenvalue weighted by Crippen LogP contribution is -2.19. The molecule has 6 heteroatoms. The number of carbonyl (C=O) groups excluding carboxylic acids is 1. The van der Waals surface area contributed by atoms with E-state index < -0.39 is 0 Å². The number of carbonyl (C=O) groups is 1. The molecule has 0 bridgehead atoms. The van der Waals surface area contributed by atoms with Crippen molar-refractivity contribution in [2.75, 3.05) is 18.5 Å². The van der Waals surface area contributed by atoms with Crippen molar-refractivity contribution in [3.63, 3.8) is 0 Å². The molecule has 0 aromatic carbocycles. The third-order valence-electron chi connectivity index (χ3n) is 1.20. The summed E-state index contributed by atoms with van der Waals surface area (Å²) in [6, 6.07) is 0. The molecule has 1 N–H and O–H groups in total. The van der Waals surface area contributed by atoms with Gasteiger partial charge < -0.3 is 10.1 Å². The number of anilines is 1. The van der Waals surface area contributed by atoms with Crippen LogP contribution in [0, 0.1) is 0 Å². The highest BCUT2D eigenvalue weighted by Gasteiger charge is 2.01. The Hall–Kier alpha value is -1.56. The van der Waals surface area contributed by atoms with Crippen LogP contribution in [0.3, 0.4) is 0 Å². The molecule has 0 fully saturated rings. The van der Waals surface area contributed by atoms with Gasteiger partial charge in [0.25, 0.3) is 5.91 Å². The summed E-state index contributed by atoms with van der Waals surface area (Å²) in [4.78, 5) is 14.8. The van der Waals surface area contributed by atoms with Gasteiger partial charge in [0.15, 0.2) is 5.82 Å². The first-order valence-corrected chi connectivity index (χ1v) is 3.83. The Morgan fingerprint density at radius 3 is 3.08 bits per heavy atom. The molecule has 0 saturated carbocycles. The van der Waals surface area contributed by atoms with Crippen LogP contribution in [0.1, 0.15) is 6.92 Å². The maximum absolute atomic E-state index is 11.0. The van der Waals surface area contributed by atoms with E-state index in [-0.39, 0.29) is 12.5 Å². The van der Waals surface area contributed by atoms with E-state index in [2.05, 4.69) is 20.5 Å². The van der Waals surface area contributed by atoms with Crippen LogP contribution in [-0.2, 0) is 9.53 Å². The Bertz CT molecular complexity index is 264. The summed E-state index contributed by atoms with van der Waals surface area (Å²) < 4.78 is 4.89. The fourth-order valence-electron chi connectivity index (χ4n) is 0.677. The fraction of sp³-hybridized carbons (Fsp3) is 0.429. The van der Waals surface area contributed by atoms with Gasteiger partial charge in [-0.1, -0.05) is 0 Å². The number of aromatic nitrogens is 3. The molecule has 13 heavy (non-hydrogen) atoms. The molecule has 0 saturated heterocycles. The molecule has 1 amide bonds. The molecule has 0 aliphatic rings. The largest absolute Gasteiger partial charge is 0.372 e. The van der Waals surface area contributed by atoms with Crippen molar-refractivity contribution in [2.45, 2.75) is 6.92 Å². The van der Waals surface area contributed by atoms with Gasteiger partial charge in [-0.15, -0.1) is 5.10 Å². The molecule has 1 aromatic heterocycles. The second kappa shape index (κ2) is 5.15. The fourth-order valence-corrected chi connectivity index (χ4v) is 0.677. The Labute approximate surface area is 75.3 Å². The average molecular weight is 182 g/mol. The third-order valence-corrected chi connectivity index (χ3v) is 1.20. The van der Waals surface area contributed by atoms with Crippen LogP contribution >= 0.6 is 0 Å². The second-order valence-electron chi connectivity index (χ2n) is 2.18. The predicted molar refractivity (Wildman–Crippen MR) is 44.9 cm³/mol. The van der Waals surface area contributed by atoms with Crippen molar-refractivity contribution < 1.29 is 9.53 Å². The molecule has 0 radical (unpaired) electrons. The number of nitrogens with zero attached hydrogens (tertiary/aromatic N) is 3. The van der Waals surface area contributed by atoms with Gasteiger partial charge in [-0.05, 0) is 6.92 Å². The number of hydrogen-bond acceptors (Lipinski definition) is 5. The molecule has 70 valence electrons. The van der Waals surface area contributed by atoms with Gasteiger partial charge in [0.1, 0.15) is 12.9 Å². The van der Waals surface area contributed by atoms with Crippen LogP contribution in [0.5, 0.6) is 0 Å². The molecule has 1 aromatic rings. The molecule has 0 aliphatic carbocycles. The number of amides is 1. The van der Waals surface area contributed by atoms with E-state index in [1.807, 2.05) is 6.92 Å². The lowest BCUT2D eigenvalue weighted by molar-refractivity contribution is -0.120. The minimum Gasteiger partial charge on any atom is -0.372 e. The SMILES string of the molecule is CCOCC(=O)Nc1cnncn1. The third kappa shape index (κ3) is 3.57. The van der Waals surface area contributed by atoms with E-state index in [1.165, 1.54) is 12.5 Å². The number of nitrogens with one attached hydrogen (secondary N) is 1. The number of hydrogen-bond donors (Lipinski definition) is 1. The van der Waals surface area contributed by atoms with Crippen molar-refractivity contribution in [1.82, 2.24) is 15.2 Å². The zero-order valence-electron chi connectivity index (χ0n) is 7.23. The van der Waals surface area contributed by atoms with Gasteiger partial charge in [-0.2, -0.15) is 5.10 Å². The van der Waals surface area contributed by atoms with Crippen LogP contribution in [0.4, 0.5) is 5.82 Å². The van der Waals surface area contributed by atoms with Gasteiger partial charge in [0.05, 0.1) is 6.20 Å². The summed E-state index contributed by atoms with van der Waals surface area (Å²) in [6.45, 7) is 2.36. The van der Waals surface area contributed by atoms with E-state index in [1.54, 1.807) is 0 Å². The average Bonchev–Trinajstić information content (AvgIpc) is 2.16. The first-order chi connectivity index (χ1) is 6.33. The van der Waals surface area contributed by atoms with Crippen LogP contribution in [0.2, 0.25) is 0 Å². The van der Waals surface area contributed by atoms with Crippen molar-refractivity contribution in [1.29, 1.82) is 0 Å². The maximum atomic E-state index is 11.0. The van der Waals surface area contributed by atoms with Gasteiger partial charge in [0, 0.05) is 6.61 Å². The maximum Gasteiger partial charge on any atom is 0.251 e. The Morgan fingerprint density at radius 2 is 2.46 bits per heavy atom. The van der Waals surface area contributed by atoms with Gasteiger partial charge in [-0.3, -0.25) is 4.79 Å². The van der Waals surface area contributed by atoms with Gasteiger partial charge >= 0.3 is 0 Å². The summed E-state index contributed by atoms with van der Waals surface area (Å²) in [5, 5.41) is 9.52. The highest BCUT2D eigenvalue weighted by Crippen LogP contribution is 1.94. The van der Waals surface area contributed by atoms with Crippen LogP contribution in [-0.4, -0.2) is 34.3 Å². The van der Waals surface area contributed by atoms with Crippen molar-refractivity contribution >= 4 is 11.7 Å². The van der Waals surface area contributed by atoms with E-state index in [0.717, 1.165) is 0 Å². The first kappa shape index (κ1) is 9.53. The van der Waals surface area contributed by atoms with E-state index >= 15 is 0 Å². The lowest BCUT2D eigenvalue weighted by Gasteiger charge is -2.02. The van der Waals surface area contributed by atoms with Crippen molar-refractivity contribution in [3.8, 4) is 0 Å². The molecule has 1 rings (SSSR count). The Balaban J connectivity index is 2.37. The minimum atomic E-state index is -0.248. The summed E-state index contributed by atoms with van der Waals surface area (Å²) in [5.41, 5.74) is 0. The number of ether oxygens (including phenoxy) is 1. The minimum absolute atomic E-state index is 0.0283.